The molecule has 2 aliphatic heterocycles. The average Bonchev–Trinajstić information content (AvgIpc) is 3.29. The van der Waals surface area contributed by atoms with E-state index in [9.17, 15) is 17.6 Å². The van der Waals surface area contributed by atoms with Crippen LogP contribution in [-0.4, -0.2) is 61.3 Å². The Morgan fingerprint density at radius 1 is 1.11 bits per heavy atom. The summed E-state index contributed by atoms with van der Waals surface area (Å²) in [7, 11) is 6.51. The van der Waals surface area contributed by atoms with Crippen LogP contribution in [0, 0.1) is 30.5 Å². The molecule has 3 atom stereocenters. The molecule has 3 aliphatic rings. The van der Waals surface area contributed by atoms with Gasteiger partial charge in [-0.1, -0.05) is 6.07 Å². The highest BCUT2D eigenvalue weighted by Gasteiger charge is 2.48. The quantitative estimate of drug-likeness (QED) is 0.453. The van der Waals surface area contributed by atoms with Crippen LogP contribution in [0.15, 0.2) is 24.3 Å². The van der Waals surface area contributed by atoms with Crippen LogP contribution in [0.25, 0.3) is 11.3 Å². The van der Waals surface area contributed by atoms with E-state index in [1.54, 1.807) is 6.92 Å². The highest BCUT2D eigenvalue weighted by molar-refractivity contribution is 6.15. The number of fused-ring (bicyclic) bond motifs is 1. The zero-order chi connectivity index (χ0) is 24.8. The predicted molar refractivity (Wildman–Crippen MR) is 122 cm³/mol. The van der Waals surface area contributed by atoms with Gasteiger partial charge in [0.2, 0.25) is 5.88 Å². The van der Waals surface area contributed by atoms with Crippen molar-refractivity contribution < 1.29 is 27.0 Å². The molecule has 1 aromatic carbocycles. The first-order valence-corrected chi connectivity index (χ1v) is 12.1. The monoisotopic (exact) mass is 489 g/mol. The highest BCUT2D eigenvalue weighted by atomic mass is 19.4. The molecule has 35 heavy (non-hydrogen) atoms. The van der Waals surface area contributed by atoms with Crippen LogP contribution >= 0.6 is 0 Å². The zero-order valence-corrected chi connectivity index (χ0v) is 19.7. The molecular weight excluding hydrogens is 461 g/mol. The van der Waals surface area contributed by atoms with Crippen LogP contribution in [0.5, 0.6) is 5.88 Å². The van der Waals surface area contributed by atoms with E-state index in [0.717, 1.165) is 57.8 Å². The van der Waals surface area contributed by atoms with Gasteiger partial charge in [0.05, 0.1) is 11.1 Å². The van der Waals surface area contributed by atoms with E-state index in [2.05, 4.69) is 15.1 Å². The zero-order valence-electron chi connectivity index (χ0n) is 19.7. The Labute approximate surface area is 203 Å². The van der Waals surface area contributed by atoms with Gasteiger partial charge >= 0.3 is 6.18 Å². The molecule has 0 spiro atoms. The van der Waals surface area contributed by atoms with E-state index in [4.69, 9.17) is 17.3 Å². The number of rotatable bonds is 5. The first-order valence-electron chi connectivity index (χ1n) is 12.1. The van der Waals surface area contributed by atoms with Crippen LogP contribution in [-0.2, 0) is 10.9 Å². The third kappa shape index (κ3) is 5.33. The van der Waals surface area contributed by atoms with E-state index in [-0.39, 0.29) is 11.4 Å². The van der Waals surface area contributed by atoms with E-state index in [0.29, 0.717) is 36.2 Å². The summed E-state index contributed by atoms with van der Waals surface area (Å²) < 4.78 is 66.8. The van der Waals surface area contributed by atoms with Gasteiger partial charge in [-0.15, -0.1) is 10.2 Å². The van der Waals surface area contributed by atoms with Crippen molar-refractivity contribution >= 4 is 7.85 Å². The number of benzene rings is 1. The second-order valence-corrected chi connectivity index (χ2v) is 10.3. The van der Waals surface area contributed by atoms with Gasteiger partial charge in [0, 0.05) is 44.5 Å². The molecule has 10 heteroatoms. The normalized spacial score (nSPS) is 27.8. The fraction of sp³-hybridized carbons (Fsp3) is 0.600. The summed E-state index contributed by atoms with van der Waals surface area (Å²) in [5.41, 5.74) is -2.04. The third-order valence-corrected chi connectivity index (χ3v) is 7.56. The first-order chi connectivity index (χ1) is 16.6. The van der Waals surface area contributed by atoms with Crippen molar-refractivity contribution in [2.75, 3.05) is 32.8 Å². The van der Waals surface area contributed by atoms with Crippen molar-refractivity contribution in [3.8, 4) is 17.1 Å². The Kier molecular flexibility index (Phi) is 6.55. The van der Waals surface area contributed by atoms with Gasteiger partial charge < -0.3 is 14.4 Å². The number of hydrogen-bond donors (Lipinski definition) is 0. The molecule has 186 valence electrons. The maximum absolute atomic E-state index is 13.9. The van der Waals surface area contributed by atoms with Crippen LogP contribution in [0.4, 0.5) is 17.6 Å². The lowest BCUT2D eigenvalue weighted by molar-refractivity contribution is -0.137. The van der Waals surface area contributed by atoms with Crippen molar-refractivity contribution in [1.29, 1.82) is 0 Å². The van der Waals surface area contributed by atoms with Gasteiger partial charge in [0.25, 0.3) is 0 Å². The average molecular weight is 489 g/mol. The van der Waals surface area contributed by atoms with Crippen molar-refractivity contribution in [1.82, 2.24) is 15.1 Å². The van der Waals surface area contributed by atoms with Gasteiger partial charge in [0.15, 0.2) is 0 Å². The maximum atomic E-state index is 13.9. The molecule has 3 fully saturated rings. The number of ether oxygens (including phenoxy) is 2. The molecule has 5 rings (SSSR count). The lowest BCUT2D eigenvalue weighted by atomic mass is 9.78. The number of aryl methyl sites for hydroxylation is 1. The summed E-state index contributed by atoms with van der Waals surface area (Å²) in [5.74, 6) is 0.410. The number of hydrogen-bond acceptors (Lipinski definition) is 5. The fourth-order valence-corrected chi connectivity index (χ4v) is 5.89. The third-order valence-electron chi connectivity index (χ3n) is 7.56. The molecule has 2 saturated heterocycles. The Hall–Kier alpha value is -2.20. The molecule has 5 nitrogen and oxygen atoms in total. The summed E-state index contributed by atoms with van der Waals surface area (Å²) in [6.07, 6.45) is -1.45. The van der Waals surface area contributed by atoms with Gasteiger partial charge in [-0.3, -0.25) is 0 Å². The van der Waals surface area contributed by atoms with E-state index in [1.165, 1.54) is 12.1 Å². The summed E-state index contributed by atoms with van der Waals surface area (Å²) in [4.78, 5) is 2.47. The predicted octanol–water partition coefficient (Wildman–Crippen LogP) is 4.62. The first kappa shape index (κ1) is 24.5. The molecular formula is C25H28BF4N3O2. The van der Waals surface area contributed by atoms with Gasteiger partial charge in [-0.2, -0.15) is 13.2 Å². The van der Waals surface area contributed by atoms with Crippen LogP contribution in [0.1, 0.15) is 36.8 Å². The highest BCUT2D eigenvalue weighted by Crippen LogP contribution is 2.45. The summed E-state index contributed by atoms with van der Waals surface area (Å²) >= 11 is 0. The molecule has 3 heterocycles. The summed E-state index contributed by atoms with van der Waals surface area (Å²) in [5, 5.41) is 7.70. The second kappa shape index (κ2) is 9.35. The fourth-order valence-electron chi connectivity index (χ4n) is 5.89. The van der Waals surface area contributed by atoms with Crippen LogP contribution < -0.4 is 4.74 Å². The minimum absolute atomic E-state index is 0.0406. The van der Waals surface area contributed by atoms with Crippen LogP contribution in [0.3, 0.4) is 0 Å². The Morgan fingerprint density at radius 2 is 1.80 bits per heavy atom. The SMILES string of the molecule is [B]C1(Oc2cc(C(F)(F)F)c(-c3cc(F)ccc3C)nn2)C[C@H]2CN(CC3CCOCC3)C[C@H]2C1. The minimum atomic E-state index is -4.72. The lowest BCUT2D eigenvalue weighted by Gasteiger charge is -2.30. The molecule has 2 aromatic rings. The van der Waals surface area contributed by atoms with Crippen molar-refractivity contribution in [3.63, 3.8) is 0 Å². The molecule has 1 saturated carbocycles. The second-order valence-electron chi connectivity index (χ2n) is 10.3. The number of likely N-dealkylation sites (tertiary alicyclic amines) is 1. The number of nitrogens with zero attached hydrogens (tertiary/aromatic N) is 3. The number of alkyl halides is 3. The van der Waals surface area contributed by atoms with E-state index < -0.39 is 28.8 Å². The minimum Gasteiger partial charge on any atom is -0.481 e. The van der Waals surface area contributed by atoms with Crippen molar-refractivity contribution in [2.45, 2.75) is 44.3 Å². The molecule has 1 aromatic heterocycles. The Morgan fingerprint density at radius 3 is 2.46 bits per heavy atom. The van der Waals surface area contributed by atoms with Gasteiger partial charge in [0.1, 0.15) is 19.4 Å². The van der Waals surface area contributed by atoms with Crippen molar-refractivity contribution in [2.24, 2.45) is 17.8 Å². The summed E-state index contributed by atoms with van der Waals surface area (Å²) in [6.45, 7) is 6.13. The van der Waals surface area contributed by atoms with Crippen molar-refractivity contribution in [3.05, 3.63) is 41.2 Å². The standard InChI is InChI=1S/C25H28BF4N3O2/c1-15-2-3-19(27)8-20(15)23-21(25(28,29)30)9-22(31-32-23)35-24(26)10-17-13-33(14-18(17)11-24)12-16-4-6-34-7-5-16/h2-3,8-9,16-18H,4-7,10-14H2,1H3/t17-,18+,24?. The summed E-state index contributed by atoms with van der Waals surface area (Å²) in [6, 6.07) is 4.46. The molecule has 1 unspecified atom stereocenters. The molecule has 2 radical (unpaired) electrons. The van der Waals surface area contributed by atoms with E-state index in [1.807, 2.05) is 0 Å². The molecule has 0 amide bonds. The Bertz CT molecular complexity index is 1060. The Balaban J connectivity index is 1.29. The van der Waals surface area contributed by atoms with Crippen LogP contribution in [0.2, 0.25) is 0 Å². The van der Waals surface area contributed by atoms with Gasteiger partial charge in [-0.25, -0.2) is 4.39 Å². The molecule has 0 bridgehead atoms. The largest absolute Gasteiger partial charge is 0.481 e. The van der Waals surface area contributed by atoms with Gasteiger partial charge in [-0.05, 0) is 68.1 Å². The molecule has 0 N–H and O–H groups in total. The smallest absolute Gasteiger partial charge is 0.418 e. The number of halogens is 4. The number of aromatic nitrogens is 2. The maximum Gasteiger partial charge on any atom is 0.418 e. The van der Waals surface area contributed by atoms with E-state index >= 15 is 0 Å². The topological polar surface area (TPSA) is 47.5 Å². The lowest BCUT2D eigenvalue weighted by Crippen LogP contribution is -2.38. The molecule has 1 aliphatic carbocycles.